The Morgan fingerprint density at radius 2 is 1.47 bits per heavy atom. The molecule has 17 heavy (non-hydrogen) atoms. The molecule has 0 aromatic carbocycles. The van der Waals surface area contributed by atoms with E-state index >= 15 is 0 Å². The Kier molecular flexibility index (Phi) is 13.7. The summed E-state index contributed by atoms with van der Waals surface area (Å²) in [5, 5.41) is 3.50. The monoisotopic (exact) mass is 241 g/mol. The predicted molar refractivity (Wildman–Crippen MR) is 67.6 cm³/mol. The minimum absolute atomic E-state index is 0.510. The highest BCUT2D eigenvalue weighted by molar-refractivity contribution is 5.36. The Morgan fingerprint density at radius 1 is 0.941 bits per heavy atom. The van der Waals surface area contributed by atoms with Gasteiger partial charge in [0.15, 0.2) is 0 Å². The van der Waals surface area contributed by atoms with Crippen molar-refractivity contribution < 1.29 is 9.53 Å². The number of rotatable bonds is 13. The molecule has 5 nitrogen and oxygen atoms in total. The van der Waals surface area contributed by atoms with E-state index in [1.54, 1.807) is 0 Å². The van der Waals surface area contributed by atoms with Crippen LogP contribution < -0.4 is 0 Å². The molecule has 0 fully saturated rings. The fraction of sp³-hybridized carbons (Fsp3) is 0.917. The van der Waals surface area contributed by atoms with Gasteiger partial charge in [-0.3, -0.25) is 4.79 Å². The maximum atomic E-state index is 9.86. The van der Waals surface area contributed by atoms with E-state index in [-0.39, 0.29) is 0 Å². The summed E-state index contributed by atoms with van der Waals surface area (Å²) < 4.78 is 4.61. The first-order valence-electron chi connectivity index (χ1n) is 6.48. The Morgan fingerprint density at radius 3 is 2.00 bits per heavy atom. The Hall–Kier alpha value is -1.22. The Balaban J connectivity index is 2.93. The minimum Gasteiger partial charge on any atom is -0.468 e. The summed E-state index contributed by atoms with van der Waals surface area (Å²) >= 11 is 0. The molecule has 0 aliphatic rings. The van der Waals surface area contributed by atoms with Crippen molar-refractivity contribution in [2.75, 3.05) is 13.2 Å². The number of hydrogen-bond acceptors (Lipinski definition) is 3. The van der Waals surface area contributed by atoms with Gasteiger partial charge < -0.3 is 4.74 Å². The van der Waals surface area contributed by atoms with E-state index < -0.39 is 0 Å². The lowest BCUT2D eigenvalue weighted by atomic mass is 10.1. The maximum Gasteiger partial charge on any atom is 0.293 e. The quantitative estimate of drug-likeness (QED) is 0.161. The van der Waals surface area contributed by atoms with Gasteiger partial charge in [0.25, 0.3) is 6.47 Å². The standard InChI is InChI=1S/C12H23N3O2/c13-15-14-10-8-6-4-2-1-3-5-7-9-11-17-12-16/h12H,1-11H2. The van der Waals surface area contributed by atoms with E-state index in [0.29, 0.717) is 19.6 Å². The summed E-state index contributed by atoms with van der Waals surface area (Å²) in [4.78, 5) is 12.6. The highest BCUT2D eigenvalue weighted by Gasteiger charge is 1.92. The number of nitrogens with zero attached hydrogens (tertiary/aromatic N) is 3. The molecule has 0 aromatic rings. The van der Waals surface area contributed by atoms with Gasteiger partial charge in [0.1, 0.15) is 0 Å². The van der Waals surface area contributed by atoms with Crippen LogP contribution in [0.3, 0.4) is 0 Å². The summed E-state index contributed by atoms with van der Waals surface area (Å²) in [5.74, 6) is 0. The summed E-state index contributed by atoms with van der Waals surface area (Å²) in [6, 6.07) is 0. The summed E-state index contributed by atoms with van der Waals surface area (Å²) in [5.41, 5.74) is 8.07. The van der Waals surface area contributed by atoms with Crippen LogP contribution >= 0.6 is 0 Å². The first-order chi connectivity index (χ1) is 8.41. The molecule has 0 aliphatic carbocycles. The highest BCUT2D eigenvalue weighted by atomic mass is 16.5. The SMILES string of the molecule is [N-]=[N+]=NCCCCCCCCCCCOC=O. The molecule has 0 spiro atoms. The van der Waals surface area contributed by atoms with E-state index in [9.17, 15) is 4.79 Å². The van der Waals surface area contributed by atoms with Gasteiger partial charge in [0.2, 0.25) is 0 Å². The second kappa shape index (κ2) is 14.8. The fourth-order valence-corrected chi connectivity index (χ4v) is 1.70. The van der Waals surface area contributed by atoms with Gasteiger partial charge in [-0.25, -0.2) is 0 Å². The average Bonchev–Trinajstić information content (AvgIpc) is 2.35. The van der Waals surface area contributed by atoms with E-state index in [1.807, 2.05) is 0 Å². The second-order valence-electron chi connectivity index (χ2n) is 4.10. The Labute approximate surface area is 103 Å². The molecule has 0 saturated carbocycles. The van der Waals surface area contributed by atoms with Crippen molar-refractivity contribution >= 4 is 6.47 Å². The van der Waals surface area contributed by atoms with Crippen molar-refractivity contribution in [3.8, 4) is 0 Å². The average molecular weight is 241 g/mol. The zero-order valence-electron chi connectivity index (χ0n) is 10.5. The van der Waals surface area contributed by atoms with Crippen molar-refractivity contribution in [3.63, 3.8) is 0 Å². The molecule has 0 amide bonds. The molecular formula is C12H23N3O2. The van der Waals surface area contributed by atoms with E-state index in [0.717, 1.165) is 25.7 Å². The van der Waals surface area contributed by atoms with E-state index in [1.165, 1.54) is 32.1 Å². The first-order valence-corrected chi connectivity index (χ1v) is 6.48. The molecule has 0 aromatic heterocycles. The third-order valence-electron chi connectivity index (χ3n) is 2.65. The highest BCUT2D eigenvalue weighted by Crippen LogP contribution is 2.09. The molecule has 0 saturated heterocycles. The van der Waals surface area contributed by atoms with Crippen LogP contribution in [0.15, 0.2) is 5.11 Å². The number of unbranched alkanes of at least 4 members (excludes halogenated alkanes) is 8. The topological polar surface area (TPSA) is 75.1 Å². The lowest BCUT2D eigenvalue weighted by Gasteiger charge is -2.01. The van der Waals surface area contributed by atoms with Crippen LogP contribution in [0.2, 0.25) is 0 Å². The molecule has 98 valence electrons. The van der Waals surface area contributed by atoms with Crippen LogP contribution in [0.1, 0.15) is 57.8 Å². The van der Waals surface area contributed by atoms with Gasteiger partial charge >= 0.3 is 0 Å². The molecule has 5 heteroatoms. The van der Waals surface area contributed by atoms with E-state index in [4.69, 9.17) is 5.53 Å². The summed E-state index contributed by atoms with van der Waals surface area (Å²) in [6.45, 7) is 1.70. The molecule has 0 radical (unpaired) electrons. The van der Waals surface area contributed by atoms with Crippen LogP contribution in [-0.2, 0) is 9.53 Å². The Bertz CT molecular complexity index is 216. The maximum absolute atomic E-state index is 9.86. The first kappa shape index (κ1) is 15.8. The molecule has 0 unspecified atom stereocenters. The van der Waals surface area contributed by atoms with Gasteiger partial charge in [0, 0.05) is 11.5 Å². The van der Waals surface area contributed by atoms with Gasteiger partial charge in [-0.2, -0.15) is 0 Å². The minimum atomic E-state index is 0.510. The van der Waals surface area contributed by atoms with Gasteiger partial charge in [-0.05, 0) is 18.4 Å². The van der Waals surface area contributed by atoms with Crippen molar-refractivity contribution in [1.82, 2.24) is 0 Å². The second-order valence-corrected chi connectivity index (χ2v) is 4.10. The fourth-order valence-electron chi connectivity index (χ4n) is 1.70. The number of ether oxygens (including phenoxy) is 1. The predicted octanol–water partition coefficient (Wildman–Crippen LogP) is 3.98. The third kappa shape index (κ3) is 14.8. The molecule has 0 aliphatic heterocycles. The van der Waals surface area contributed by atoms with Crippen molar-refractivity contribution in [2.24, 2.45) is 5.11 Å². The molecule has 0 bridgehead atoms. The van der Waals surface area contributed by atoms with Crippen LogP contribution in [0, 0.1) is 0 Å². The number of carbonyl (C=O) groups excluding carboxylic acids is 1. The molecule has 0 atom stereocenters. The molecular weight excluding hydrogens is 218 g/mol. The van der Waals surface area contributed by atoms with Crippen molar-refractivity contribution in [3.05, 3.63) is 10.4 Å². The van der Waals surface area contributed by atoms with Crippen LogP contribution in [0.5, 0.6) is 0 Å². The summed E-state index contributed by atoms with van der Waals surface area (Å²) in [7, 11) is 0. The number of carbonyl (C=O) groups is 1. The third-order valence-corrected chi connectivity index (χ3v) is 2.65. The molecule has 0 heterocycles. The van der Waals surface area contributed by atoms with Crippen LogP contribution in [0.4, 0.5) is 0 Å². The lowest BCUT2D eigenvalue weighted by Crippen LogP contribution is -1.91. The zero-order chi connectivity index (χ0) is 12.6. The number of azide groups is 1. The van der Waals surface area contributed by atoms with Crippen molar-refractivity contribution in [2.45, 2.75) is 57.8 Å². The lowest BCUT2D eigenvalue weighted by molar-refractivity contribution is -0.128. The normalized spacial score (nSPS) is 9.65. The van der Waals surface area contributed by atoms with Crippen LogP contribution in [0.25, 0.3) is 10.4 Å². The van der Waals surface area contributed by atoms with E-state index in [2.05, 4.69) is 14.8 Å². The number of hydrogen-bond donors (Lipinski definition) is 0. The van der Waals surface area contributed by atoms with Crippen molar-refractivity contribution in [1.29, 1.82) is 0 Å². The summed E-state index contributed by atoms with van der Waals surface area (Å²) in [6.07, 6.45) is 10.5. The smallest absolute Gasteiger partial charge is 0.293 e. The van der Waals surface area contributed by atoms with Gasteiger partial charge in [0.05, 0.1) is 6.61 Å². The van der Waals surface area contributed by atoms with Gasteiger partial charge in [-0.15, -0.1) is 0 Å². The van der Waals surface area contributed by atoms with Gasteiger partial charge in [-0.1, -0.05) is 50.1 Å². The largest absolute Gasteiger partial charge is 0.468 e. The zero-order valence-corrected chi connectivity index (χ0v) is 10.5. The van der Waals surface area contributed by atoms with Crippen LogP contribution in [-0.4, -0.2) is 19.6 Å². The molecule has 0 rings (SSSR count). The molecule has 0 N–H and O–H groups in total.